The zero-order chi connectivity index (χ0) is 21.0. The number of carbonyl (C=O) groups is 1. The van der Waals surface area contributed by atoms with Crippen LogP contribution < -0.4 is 10.3 Å². The summed E-state index contributed by atoms with van der Waals surface area (Å²) in [7, 11) is 0. The predicted molar refractivity (Wildman–Crippen MR) is 117 cm³/mol. The van der Waals surface area contributed by atoms with Crippen molar-refractivity contribution in [2.24, 2.45) is 0 Å². The minimum Gasteiger partial charge on any atom is -0.450 e. The SMILES string of the molecule is O=C1c2oc3ccc(Cl)cc3c(=O)c2C(c2ccc(F)cc2)N1c1cccc(Br)c1. The maximum absolute atomic E-state index is 13.6. The molecule has 2 heterocycles. The number of hydrogen-bond donors (Lipinski definition) is 0. The summed E-state index contributed by atoms with van der Waals surface area (Å²) >= 11 is 9.50. The molecule has 4 nitrogen and oxygen atoms in total. The summed E-state index contributed by atoms with van der Waals surface area (Å²) in [6, 6.07) is 16.8. The highest BCUT2D eigenvalue weighted by Gasteiger charge is 2.43. The Balaban J connectivity index is 1.83. The van der Waals surface area contributed by atoms with Gasteiger partial charge >= 0.3 is 0 Å². The Kier molecular flexibility index (Phi) is 4.49. The summed E-state index contributed by atoms with van der Waals surface area (Å²) in [5, 5.41) is 0.679. The lowest BCUT2D eigenvalue weighted by atomic mass is 9.98. The van der Waals surface area contributed by atoms with Gasteiger partial charge in [0.2, 0.25) is 5.76 Å². The first-order valence-electron chi connectivity index (χ1n) is 9.05. The van der Waals surface area contributed by atoms with Crippen LogP contribution in [-0.4, -0.2) is 5.91 Å². The molecule has 30 heavy (non-hydrogen) atoms. The first-order valence-corrected chi connectivity index (χ1v) is 10.2. The van der Waals surface area contributed by atoms with Gasteiger partial charge in [0.15, 0.2) is 5.43 Å². The number of carbonyl (C=O) groups excluding carboxylic acids is 1. The summed E-state index contributed by atoms with van der Waals surface area (Å²) in [4.78, 5) is 28.3. The van der Waals surface area contributed by atoms with Crippen LogP contribution in [0.3, 0.4) is 0 Å². The first-order chi connectivity index (χ1) is 14.4. The molecule has 0 bridgehead atoms. The molecule has 148 valence electrons. The fourth-order valence-corrected chi connectivity index (χ4v) is 4.36. The van der Waals surface area contributed by atoms with Crippen LogP contribution in [-0.2, 0) is 0 Å². The minimum atomic E-state index is -0.762. The summed E-state index contributed by atoms with van der Waals surface area (Å²) in [6.45, 7) is 0. The first kappa shape index (κ1) is 19.0. The molecule has 3 aromatic carbocycles. The van der Waals surface area contributed by atoms with Crippen LogP contribution in [0.1, 0.15) is 27.7 Å². The third-order valence-corrected chi connectivity index (χ3v) is 5.83. The van der Waals surface area contributed by atoms with Crippen LogP contribution in [0.15, 0.2) is 80.4 Å². The van der Waals surface area contributed by atoms with Crippen molar-refractivity contribution in [3.05, 3.63) is 109 Å². The number of halogens is 3. The van der Waals surface area contributed by atoms with E-state index in [0.717, 1.165) is 4.47 Å². The molecule has 0 radical (unpaired) electrons. The number of amides is 1. The van der Waals surface area contributed by atoms with Crippen molar-refractivity contribution in [1.82, 2.24) is 0 Å². The summed E-state index contributed by atoms with van der Waals surface area (Å²) in [6.07, 6.45) is 0. The molecule has 0 N–H and O–H groups in total. The van der Waals surface area contributed by atoms with E-state index >= 15 is 0 Å². The van der Waals surface area contributed by atoms with E-state index in [4.69, 9.17) is 16.0 Å². The number of fused-ring (bicyclic) bond motifs is 2. The van der Waals surface area contributed by atoms with Crippen molar-refractivity contribution < 1.29 is 13.6 Å². The zero-order valence-corrected chi connectivity index (χ0v) is 17.6. The number of nitrogens with zero attached hydrogens (tertiary/aromatic N) is 1. The van der Waals surface area contributed by atoms with Gasteiger partial charge in [-0.15, -0.1) is 0 Å². The monoisotopic (exact) mass is 483 g/mol. The molecule has 0 fully saturated rings. The smallest absolute Gasteiger partial charge is 0.295 e. The number of rotatable bonds is 2. The van der Waals surface area contributed by atoms with Gasteiger partial charge in [0.25, 0.3) is 5.91 Å². The quantitative estimate of drug-likeness (QED) is 0.345. The average molecular weight is 485 g/mol. The van der Waals surface area contributed by atoms with Gasteiger partial charge in [-0.1, -0.05) is 45.7 Å². The molecule has 1 aliphatic heterocycles. The van der Waals surface area contributed by atoms with E-state index in [1.54, 1.807) is 42.5 Å². The number of anilines is 1. The lowest BCUT2D eigenvalue weighted by Gasteiger charge is -2.25. The Labute approximate surface area is 183 Å². The highest BCUT2D eigenvalue weighted by Crippen LogP contribution is 2.41. The highest BCUT2D eigenvalue weighted by molar-refractivity contribution is 9.10. The van der Waals surface area contributed by atoms with E-state index in [1.165, 1.54) is 23.1 Å². The summed E-state index contributed by atoms with van der Waals surface area (Å²) < 4.78 is 20.2. The molecule has 1 amide bonds. The normalized spacial score (nSPS) is 15.6. The van der Waals surface area contributed by atoms with E-state index in [0.29, 0.717) is 16.3 Å². The van der Waals surface area contributed by atoms with Crippen LogP contribution in [0.2, 0.25) is 5.02 Å². The Hall–Kier alpha value is -2.96. The van der Waals surface area contributed by atoms with E-state index in [-0.39, 0.29) is 27.7 Å². The lowest BCUT2D eigenvalue weighted by Crippen LogP contribution is -2.29. The maximum Gasteiger partial charge on any atom is 0.295 e. The highest BCUT2D eigenvalue weighted by atomic mass is 79.9. The Morgan fingerprint density at radius 1 is 1.00 bits per heavy atom. The number of benzene rings is 3. The molecule has 1 aliphatic rings. The molecule has 4 aromatic rings. The molecule has 1 unspecified atom stereocenters. The standard InChI is InChI=1S/C23H12BrClFNO3/c24-13-2-1-3-16(10-13)27-20(12-4-7-15(26)8-5-12)19-21(28)17-11-14(25)6-9-18(17)30-22(19)23(27)29/h1-11,20H. The van der Waals surface area contributed by atoms with Gasteiger partial charge < -0.3 is 4.42 Å². The Morgan fingerprint density at radius 3 is 2.50 bits per heavy atom. The Bertz CT molecular complexity index is 1380. The third kappa shape index (κ3) is 2.95. The topological polar surface area (TPSA) is 50.5 Å². The van der Waals surface area contributed by atoms with Crippen molar-refractivity contribution in [3.63, 3.8) is 0 Å². The van der Waals surface area contributed by atoms with E-state index in [2.05, 4.69) is 15.9 Å². The van der Waals surface area contributed by atoms with Gasteiger partial charge in [0.1, 0.15) is 11.4 Å². The molecule has 1 atom stereocenters. The van der Waals surface area contributed by atoms with E-state index in [1.807, 2.05) is 6.07 Å². The van der Waals surface area contributed by atoms with Gasteiger partial charge in [0, 0.05) is 15.2 Å². The van der Waals surface area contributed by atoms with Gasteiger partial charge in [-0.05, 0) is 54.1 Å². The van der Waals surface area contributed by atoms with Crippen LogP contribution in [0.5, 0.6) is 0 Å². The van der Waals surface area contributed by atoms with Gasteiger partial charge in [-0.2, -0.15) is 0 Å². The second-order valence-electron chi connectivity index (χ2n) is 6.92. The van der Waals surface area contributed by atoms with Gasteiger partial charge in [-0.3, -0.25) is 14.5 Å². The molecule has 5 rings (SSSR count). The molecular formula is C23H12BrClFNO3. The van der Waals surface area contributed by atoms with Crippen molar-refractivity contribution >= 4 is 50.1 Å². The van der Waals surface area contributed by atoms with Crippen molar-refractivity contribution in [1.29, 1.82) is 0 Å². The number of hydrogen-bond acceptors (Lipinski definition) is 3. The zero-order valence-electron chi connectivity index (χ0n) is 15.2. The van der Waals surface area contributed by atoms with Crippen LogP contribution in [0.25, 0.3) is 11.0 Å². The molecule has 0 spiro atoms. The van der Waals surface area contributed by atoms with Gasteiger partial charge in [-0.25, -0.2) is 4.39 Å². The third-order valence-electron chi connectivity index (χ3n) is 5.10. The summed E-state index contributed by atoms with van der Waals surface area (Å²) in [5.41, 5.74) is 1.33. The van der Waals surface area contributed by atoms with Gasteiger partial charge in [0.05, 0.1) is 17.0 Å². The second-order valence-corrected chi connectivity index (χ2v) is 8.28. The molecule has 0 saturated carbocycles. The predicted octanol–water partition coefficient (Wildman–Crippen LogP) is 6.10. The lowest BCUT2D eigenvalue weighted by molar-refractivity contribution is 0.0971. The van der Waals surface area contributed by atoms with Crippen LogP contribution in [0, 0.1) is 5.82 Å². The van der Waals surface area contributed by atoms with Crippen molar-refractivity contribution in [2.45, 2.75) is 6.04 Å². The van der Waals surface area contributed by atoms with E-state index in [9.17, 15) is 14.0 Å². The van der Waals surface area contributed by atoms with Crippen LogP contribution >= 0.6 is 27.5 Å². The molecular weight excluding hydrogens is 473 g/mol. The molecule has 1 aromatic heterocycles. The van der Waals surface area contributed by atoms with E-state index < -0.39 is 17.8 Å². The fraction of sp³-hybridized carbons (Fsp3) is 0.0435. The largest absolute Gasteiger partial charge is 0.450 e. The minimum absolute atomic E-state index is 0.0240. The fourth-order valence-electron chi connectivity index (χ4n) is 3.80. The second kappa shape index (κ2) is 7.07. The molecule has 0 saturated heterocycles. The maximum atomic E-state index is 13.6. The molecule has 7 heteroatoms. The Morgan fingerprint density at radius 2 is 1.77 bits per heavy atom. The van der Waals surface area contributed by atoms with Crippen molar-refractivity contribution in [3.8, 4) is 0 Å². The van der Waals surface area contributed by atoms with Crippen molar-refractivity contribution in [2.75, 3.05) is 4.90 Å². The van der Waals surface area contributed by atoms with Crippen LogP contribution in [0.4, 0.5) is 10.1 Å². The average Bonchev–Trinajstić information content (AvgIpc) is 3.02. The summed E-state index contributed by atoms with van der Waals surface area (Å²) in [5.74, 6) is -0.870. The molecule has 0 aliphatic carbocycles.